The second-order valence-corrected chi connectivity index (χ2v) is 5.01. The number of imidazole rings is 1. The molecule has 1 fully saturated rings. The van der Waals surface area contributed by atoms with E-state index in [-0.39, 0.29) is 5.35 Å². The van der Waals surface area contributed by atoms with Crippen LogP contribution in [0.15, 0.2) is 18.7 Å². The van der Waals surface area contributed by atoms with Gasteiger partial charge in [-0.2, -0.15) is 0 Å². The van der Waals surface area contributed by atoms with Gasteiger partial charge in [0.05, 0.1) is 16.6 Å². The number of nitrogens with zero attached hydrogens (tertiary/aromatic N) is 2. The highest BCUT2D eigenvalue weighted by atomic mass is 28.1. The minimum absolute atomic E-state index is 0.00521. The summed E-state index contributed by atoms with van der Waals surface area (Å²) in [6, 6.07) is 0. The molecule has 1 aliphatic rings. The first-order chi connectivity index (χ1) is 5.81. The average molecular weight is 182 g/mol. The summed E-state index contributed by atoms with van der Waals surface area (Å²) in [5.41, 5.74) is 0. The van der Waals surface area contributed by atoms with E-state index in [0.29, 0.717) is 0 Å². The number of aromatic nitrogens is 2. The molecule has 4 heteroatoms. The van der Waals surface area contributed by atoms with Crippen molar-refractivity contribution in [2.45, 2.75) is 24.6 Å². The lowest BCUT2D eigenvalue weighted by molar-refractivity contribution is -0.0712. The third kappa shape index (κ3) is 1.32. The zero-order valence-corrected chi connectivity index (χ0v) is 9.36. The molecule has 0 spiro atoms. The molecule has 0 aromatic carbocycles. The monoisotopic (exact) mass is 182 g/mol. The molecule has 2 heterocycles. The fourth-order valence-electron chi connectivity index (χ4n) is 1.66. The van der Waals surface area contributed by atoms with Crippen molar-refractivity contribution in [1.29, 1.82) is 0 Å². The molecule has 0 aliphatic carbocycles. The van der Waals surface area contributed by atoms with Crippen LogP contribution in [0.1, 0.15) is 19.3 Å². The minimum Gasteiger partial charge on any atom is -0.360 e. The van der Waals surface area contributed by atoms with Crippen LogP contribution in [0.3, 0.4) is 0 Å². The Morgan fingerprint density at radius 2 is 2.42 bits per heavy atom. The summed E-state index contributed by atoms with van der Waals surface area (Å²) in [4.78, 5) is 4.05. The van der Waals surface area contributed by atoms with Crippen molar-refractivity contribution in [3.05, 3.63) is 18.7 Å². The Morgan fingerprint density at radius 3 is 3.00 bits per heavy atom. The first-order valence-electron chi connectivity index (χ1n) is 4.44. The van der Waals surface area contributed by atoms with Gasteiger partial charge in [0.25, 0.3) is 0 Å². The standard InChI is InChI=1S/C8H14N2OSi/c12-8(3-1-2-6-11-8)10-5-4-9-7-10/h4-5,7H,1-3,6H2,12H3. The predicted octanol–water partition coefficient (Wildman–Crippen LogP) is 0.0593. The molecule has 2 rings (SSSR count). The van der Waals surface area contributed by atoms with Crippen LogP contribution in [0, 0.1) is 0 Å². The third-order valence-electron chi connectivity index (χ3n) is 2.50. The van der Waals surface area contributed by atoms with Crippen molar-refractivity contribution in [3.63, 3.8) is 0 Å². The largest absolute Gasteiger partial charge is 0.360 e. The Balaban J connectivity index is 2.19. The van der Waals surface area contributed by atoms with Crippen LogP contribution in [0.25, 0.3) is 0 Å². The fourth-order valence-corrected chi connectivity index (χ4v) is 2.48. The number of ether oxygens (including phenoxy) is 1. The molecule has 0 amide bonds. The lowest BCUT2D eigenvalue weighted by Crippen LogP contribution is -2.39. The molecule has 0 saturated carbocycles. The summed E-state index contributed by atoms with van der Waals surface area (Å²) in [5.74, 6) is 0. The van der Waals surface area contributed by atoms with E-state index in [0.717, 1.165) is 23.3 Å². The molecule has 1 saturated heterocycles. The lowest BCUT2D eigenvalue weighted by Gasteiger charge is -2.35. The third-order valence-corrected chi connectivity index (χ3v) is 3.80. The van der Waals surface area contributed by atoms with Gasteiger partial charge in [0.2, 0.25) is 0 Å². The van der Waals surface area contributed by atoms with Gasteiger partial charge in [0.1, 0.15) is 5.35 Å². The number of rotatable bonds is 1. The first-order valence-corrected chi connectivity index (χ1v) is 5.44. The maximum Gasteiger partial charge on any atom is 0.120 e. The quantitative estimate of drug-likeness (QED) is 0.574. The van der Waals surface area contributed by atoms with Gasteiger partial charge in [-0.25, -0.2) is 4.98 Å². The van der Waals surface area contributed by atoms with E-state index >= 15 is 0 Å². The van der Waals surface area contributed by atoms with Gasteiger partial charge in [0.15, 0.2) is 0 Å². The molecule has 0 bridgehead atoms. The second-order valence-electron chi connectivity index (χ2n) is 3.45. The number of hydrogen-bond acceptors (Lipinski definition) is 2. The summed E-state index contributed by atoms with van der Waals surface area (Å²) in [6.07, 6.45) is 9.31. The van der Waals surface area contributed by atoms with Crippen molar-refractivity contribution in [2.75, 3.05) is 6.61 Å². The topological polar surface area (TPSA) is 27.1 Å². The van der Waals surface area contributed by atoms with Crippen LogP contribution >= 0.6 is 0 Å². The van der Waals surface area contributed by atoms with E-state index in [2.05, 4.69) is 9.55 Å². The summed E-state index contributed by atoms with van der Waals surface area (Å²) in [7, 11) is 1.03. The van der Waals surface area contributed by atoms with Crippen LogP contribution in [0.5, 0.6) is 0 Å². The molecular formula is C8H14N2OSi. The van der Waals surface area contributed by atoms with E-state index < -0.39 is 0 Å². The van der Waals surface area contributed by atoms with Crippen LogP contribution in [0.2, 0.25) is 0 Å². The molecule has 1 aliphatic heterocycles. The van der Waals surface area contributed by atoms with Crippen molar-refractivity contribution in [2.24, 2.45) is 0 Å². The molecule has 0 N–H and O–H groups in total. The van der Waals surface area contributed by atoms with Gasteiger partial charge in [-0.1, -0.05) is 0 Å². The predicted molar refractivity (Wildman–Crippen MR) is 49.9 cm³/mol. The first kappa shape index (κ1) is 8.01. The highest BCUT2D eigenvalue weighted by Crippen LogP contribution is 2.25. The summed E-state index contributed by atoms with van der Waals surface area (Å²) < 4.78 is 7.90. The van der Waals surface area contributed by atoms with Crippen LogP contribution in [0.4, 0.5) is 0 Å². The molecule has 1 atom stereocenters. The van der Waals surface area contributed by atoms with Crippen LogP contribution < -0.4 is 0 Å². The van der Waals surface area contributed by atoms with E-state index in [1.54, 1.807) is 0 Å². The normalized spacial score (nSPS) is 30.7. The highest BCUT2D eigenvalue weighted by molar-refractivity contribution is 6.12. The van der Waals surface area contributed by atoms with E-state index in [4.69, 9.17) is 4.74 Å². The van der Waals surface area contributed by atoms with Crippen molar-refractivity contribution < 1.29 is 4.74 Å². The Bertz CT molecular complexity index is 242. The van der Waals surface area contributed by atoms with Gasteiger partial charge in [-0.05, 0) is 19.3 Å². The SMILES string of the molecule is [SiH3]C1(n2ccnc2)CCCCO1. The maximum atomic E-state index is 5.79. The Labute approximate surface area is 75.2 Å². The second kappa shape index (κ2) is 3.03. The van der Waals surface area contributed by atoms with E-state index in [1.807, 2.05) is 18.7 Å². The summed E-state index contributed by atoms with van der Waals surface area (Å²) in [6.45, 7) is 0.904. The van der Waals surface area contributed by atoms with E-state index in [9.17, 15) is 0 Å². The summed E-state index contributed by atoms with van der Waals surface area (Å²) >= 11 is 0. The maximum absolute atomic E-state index is 5.79. The Hall–Kier alpha value is -0.613. The van der Waals surface area contributed by atoms with Gasteiger partial charge in [0, 0.05) is 19.0 Å². The molecular weight excluding hydrogens is 168 g/mol. The Morgan fingerprint density at radius 1 is 1.50 bits per heavy atom. The molecule has 1 aromatic rings. The van der Waals surface area contributed by atoms with Crippen LogP contribution in [-0.4, -0.2) is 26.4 Å². The smallest absolute Gasteiger partial charge is 0.120 e. The Kier molecular flexibility index (Phi) is 2.02. The molecule has 0 radical (unpaired) electrons. The summed E-state index contributed by atoms with van der Waals surface area (Å²) in [5, 5.41) is -0.00521. The van der Waals surface area contributed by atoms with Crippen molar-refractivity contribution >= 4 is 10.2 Å². The fraction of sp³-hybridized carbons (Fsp3) is 0.625. The zero-order chi connectivity index (χ0) is 8.44. The minimum atomic E-state index is -0.00521. The molecule has 3 nitrogen and oxygen atoms in total. The molecule has 1 unspecified atom stereocenters. The zero-order valence-electron chi connectivity index (χ0n) is 7.36. The van der Waals surface area contributed by atoms with Gasteiger partial charge in [-0.15, -0.1) is 0 Å². The van der Waals surface area contributed by atoms with Crippen LogP contribution in [-0.2, 0) is 10.1 Å². The number of hydrogen-bond donors (Lipinski definition) is 0. The van der Waals surface area contributed by atoms with Gasteiger partial charge < -0.3 is 9.30 Å². The van der Waals surface area contributed by atoms with Gasteiger partial charge in [-0.3, -0.25) is 0 Å². The molecule has 66 valence electrons. The highest BCUT2D eigenvalue weighted by Gasteiger charge is 2.28. The average Bonchev–Trinajstić information content (AvgIpc) is 2.58. The lowest BCUT2D eigenvalue weighted by atomic mass is 10.2. The van der Waals surface area contributed by atoms with Gasteiger partial charge >= 0.3 is 0 Å². The van der Waals surface area contributed by atoms with Crippen molar-refractivity contribution in [3.8, 4) is 0 Å². The van der Waals surface area contributed by atoms with E-state index in [1.165, 1.54) is 12.8 Å². The molecule has 1 aromatic heterocycles. The van der Waals surface area contributed by atoms with Crippen molar-refractivity contribution in [1.82, 2.24) is 9.55 Å². The molecule has 12 heavy (non-hydrogen) atoms.